The molecule has 1 aromatic heterocycles. The van der Waals surface area contributed by atoms with Crippen LogP contribution in [0.25, 0.3) is 11.3 Å². The Balaban J connectivity index is 1.77. The average Bonchev–Trinajstić information content (AvgIpc) is 3.12. The zero-order chi connectivity index (χ0) is 18.5. The second-order valence-electron chi connectivity index (χ2n) is 6.09. The summed E-state index contributed by atoms with van der Waals surface area (Å²) in [6.07, 6.45) is 1.58. The van der Waals surface area contributed by atoms with Gasteiger partial charge in [0, 0.05) is 16.5 Å². The summed E-state index contributed by atoms with van der Waals surface area (Å²) in [4.78, 5) is 4.52. The first-order valence-corrected chi connectivity index (χ1v) is 9.17. The van der Waals surface area contributed by atoms with Gasteiger partial charge in [0.25, 0.3) is 0 Å². The summed E-state index contributed by atoms with van der Waals surface area (Å²) in [5.41, 5.74) is 6.56. The largest absolute Gasteiger partial charge is 0.504 e. The Morgan fingerprint density at radius 2 is 2.00 bits per heavy atom. The van der Waals surface area contributed by atoms with Gasteiger partial charge in [0.1, 0.15) is 0 Å². The van der Waals surface area contributed by atoms with Gasteiger partial charge in [-0.1, -0.05) is 44.2 Å². The first kappa shape index (κ1) is 17.9. The molecule has 3 aromatic rings. The highest BCUT2D eigenvalue weighted by Gasteiger charge is 2.11. The highest BCUT2D eigenvalue weighted by molar-refractivity contribution is 7.14. The monoisotopic (exact) mass is 367 g/mol. The van der Waals surface area contributed by atoms with Crippen molar-refractivity contribution in [1.82, 2.24) is 4.98 Å². The van der Waals surface area contributed by atoms with Crippen molar-refractivity contribution in [3.05, 3.63) is 59.0 Å². The maximum atomic E-state index is 10.3. The highest BCUT2D eigenvalue weighted by atomic mass is 32.1. The third-order valence-electron chi connectivity index (χ3n) is 3.95. The van der Waals surface area contributed by atoms with Gasteiger partial charge >= 0.3 is 0 Å². The van der Waals surface area contributed by atoms with E-state index in [1.807, 2.05) is 47.8 Å². The minimum Gasteiger partial charge on any atom is -0.504 e. The predicted octanol–water partition coefficient (Wildman–Crippen LogP) is 5.09. The normalized spacial score (nSPS) is 11.2. The van der Waals surface area contributed by atoms with E-state index in [0.29, 0.717) is 22.4 Å². The molecule has 0 amide bonds. The Hall–Kier alpha value is -2.86. The number of aromatic nitrogens is 1. The second-order valence-corrected chi connectivity index (χ2v) is 6.95. The summed E-state index contributed by atoms with van der Waals surface area (Å²) >= 11 is 1.48. The summed E-state index contributed by atoms with van der Waals surface area (Å²) in [6.45, 7) is 4.18. The molecular formula is C20H21N3O2S. The Labute approximate surface area is 157 Å². The van der Waals surface area contributed by atoms with E-state index in [0.717, 1.165) is 16.8 Å². The van der Waals surface area contributed by atoms with Crippen molar-refractivity contribution >= 4 is 22.7 Å². The maximum absolute atomic E-state index is 10.3. The number of rotatable bonds is 6. The molecule has 3 rings (SSSR count). The number of aromatic hydroxyl groups is 1. The summed E-state index contributed by atoms with van der Waals surface area (Å²) < 4.78 is 5.25. The summed E-state index contributed by atoms with van der Waals surface area (Å²) in [7, 11) is 1.54. The van der Waals surface area contributed by atoms with Crippen LogP contribution in [0, 0.1) is 0 Å². The lowest BCUT2D eigenvalue weighted by atomic mass is 10.00. The first-order valence-electron chi connectivity index (χ1n) is 8.29. The molecule has 0 atom stereocenters. The van der Waals surface area contributed by atoms with E-state index in [4.69, 9.17) is 4.74 Å². The molecule has 0 bridgehead atoms. The lowest BCUT2D eigenvalue weighted by molar-refractivity contribution is 0.372. The number of nitrogens with zero attached hydrogens (tertiary/aromatic N) is 2. The van der Waals surface area contributed by atoms with Gasteiger partial charge in [-0.3, -0.25) is 5.43 Å². The smallest absolute Gasteiger partial charge is 0.203 e. The number of anilines is 1. The summed E-state index contributed by atoms with van der Waals surface area (Å²) in [6, 6.07) is 13.7. The van der Waals surface area contributed by atoms with Gasteiger partial charge in [-0.25, -0.2) is 4.98 Å². The fourth-order valence-electron chi connectivity index (χ4n) is 2.46. The number of hydrogen-bond donors (Lipinski definition) is 2. The quantitative estimate of drug-likeness (QED) is 0.470. The minimum absolute atomic E-state index is 0.0755. The Morgan fingerprint density at radius 3 is 2.69 bits per heavy atom. The van der Waals surface area contributed by atoms with Crippen molar-refractivity contribution in [3.63, 3.8) is 0 Å². The molecule has 5 nitrogen and oxygen atoms in total. The number of nitrogens with one attached hydrogen (secondary N) is 1. The van der Waals surface area contributed by atoms with E-state index in [1.54, 1.807) is 13.3 Å². The molecule has 0 spiro atoms. The van der Waals surface area contributed by atoms with Gasteiger partial charge in [-0.2, -0.15) is 5.10 Å². The van der Waals surface area contributed by atoms with E-state index < -0.39 is 0 Å². The summed E-state index contributed by atoms with van der Waals surface area (Å²) in [5.74, 6) is 0.835. The Morgan fingerprint density at radius 1 is 1.23 bits per heavy atom. The third kappa shape index (κ3) is 4.03. The molecule has 0 aliphatic rings. The lowest BCUT2D eigenvalue weighted by Crippen LogP contribution is -1.96. The van der Waals surface area contributed by atoms with Crippen LogP contribution < -0.4 is 10.2 Å². The molecule has 0 saturated carbocycles. The number of hydrazone groups is 1. The van der Waals surface area contributed by atoms with Crippen LogP contribution in [0.1, 0.15) is 30.9 Å². The molecule has 0 aliphatic heterocycles. The van der Waals surface area contributed by atoms with Crippen molar-refractivity contribution < 1.29 is 9.84 Å². The molecule has 2 N–H and O–H groups in total. The van der Waals surface area contributed by atoms with Crippen molar-refractivity contribution in [2.45, 2.75) is 19.8 Å². The van der Waals surface area contributed by atoms with Gasteiger partial charge < -0.3 is 9.84 Å². The number of hydrogen-bond acceptors (Lipinski definition) is 6. The van der Waals surface area contributed by atoms with Crippen molar-refractivity contribution in [2.24, 2.45) is 5.10 Å². The summed E-state index contributed by atoms with van der Waals surface area (Å²) in [5, 5.41) is 17.2. The van der Waals surface area contributed by atoms with Crippen LogP contribution in [0.15, 0.2) is 52.9 Å². The highest BCUT2D eigenvalue weighted by Crippen LogP contribution is 2.33. The molecule has 0 fully saturated rings. The zero-order valence-corrected chi connectivity index (χ0v) is 15.7. The topological polar surface area (TPSA) is 66.7 Å². The Bertz CT molecular complexity index is 905. The molecule has 2 aromatic carbocycles. The molecule has 134 valence electrons. The van der Waals surface area contributed by atoms with Crippen LogP contribution in [0.2, 0.25) is 0 Å². The SMILES string of the molecule is COc1cc(C(C)C)cc(C=NNc2nc(-c3ccccc3)cs2)c1O. The van der Waals surface area contributed by atoms with Crippen LogP contribution in [0.4, 0.5) is 5.13 Å². The van der Waals surface area contributed by atoms with E-state index in [9.17, 15) is 5.11 Å². The number of thiazole rings is 1. The number of benzene rings is 2. The number of phenolic OH excluding ortho intramolecular Hbond substituents is 1. The number of ether oxygens (including phenoxy) is 1. The van der Waals surface area contributed by atoms with E-state index >= 15 is 0 Å². The fourth-order valence-corrected chi connectivity index (χ4v) is 3.13. The van der Waals surface area contributed by atoms with Crippen LogP contribution in [-0.2, 0) is 0 Å². The minimum atomic E-state index is 0.0755. The molecule has 0 radical (unpaired) electrons. The Kier molecular flexibility index (Phi) is 5.53. The van der Waals surface area contributed by atoms with Crippen LogP contribution >= 0.6 is 11.3 Å². The van der Waals surface area contributed by atoms with Gasteiger partial charge in [0.05, 0.1) is 19.0 Å². The third-order valence-corrected chi connectivity index (χ3v) is 4.70. The van der Waals surface area contributed by atoms with Crippen LogP contribution in [-0.4, -0.2) is 23.4 Å². The van der Waals surface area contributed by atoms with Crippen LogP contribution in [0.5, 0.6) is 11.5 Å². The molecule has 6 heteroatoms. The number of methoxy groups -OCH3 is 1. The first-order chi connectivity index (χ1) is 12.6. The molecule has 0 unspecified atom stereocenters. The number of phenols is 1. The van der Waals surface area contributed by atoms with E-state index in [2.05, 4.69) is 29.4 Å². The zero-order valence-electron chi connectivity index (χ0n) is 14.9. The lowest BCUT2D eigenvalue weighted by Gasteiger charge is -2.12. The standard InChI is InChI=1S/C20H21N3O2S/c1-13(2)15-9-16(19(24)18(10-15)25-3)11-21-23-20-22-17(12-26-20)14-7-5-4-6-8-14/h4-13,24H,1-3H3,(H,22,23). The molecule has 0 saturated heterocycles. The molecule has 26 heavy (non-hydrogen) atoms. The van der Waals surface area contributed by atoms with Gasteiger partial charge in [-0.15, -0.1) is 11.3 Å². The molecular weight excluding hydrogens is 346 g/mol. The van der Waals surface area contributed by atoms with Gasteiger partial charge in [-0.05, 0) is 23.6 Å². The maximum Gasteiger partial charge on any atom is 0.203 e. The van der Waals surface area contributed by atoms with Crippen LogP contribution in [0.3, 0.4) is 0 Å². The van der Waals surface area contributed by atoms with E-state index in [-0.39, 0.29) is 5.75 Å². The molecule has 0 aliphatic carbocycles. The van der Waals surface area contributed by atoms with Crippen molar-refractivity contribution in [2.75, 3.05) is 12.5 Å². The van der Waals surface area contributed by atoms with E-state index in [1.165, 1.54) is 11.3 Å². The van der Waals surface area contributed by atoms with Gasteiger partial charge in [0.2, 0.25) is 5.13 Å². The fraction of sp³-hybridized carbons (Fsp3) is 0.200. The van der Waals surface area contributed by atoms with Crippen molar-refractivity contribution in [1.29, 1.82) is 0 Å². The van der Waals surface area contributed by atoms with Gasteiger partial charge in [0.15, 0.2) is 11.5 Å². The predicted molar refractivity (Wildman–Crippen MR) is 108 cm³/mol. The molecule has 1 heterocycles. The van der Waals surface area contributed by atoms with Crippen molar-refractivity contribution in [3.8, 4) is 22.8 Å². The second kappa shape index (κ2) is 8.01. The average molecular weight is 367 g/mol.